The standard InChI is InChI=1S/C15H21NO2S/c17-19(18)9-3-6-15(11-19)16-14-8-7-12-4-1-2-5-13(12)10-14/h1-2,4-5,14-16H,3,6-11H2. The third kappa shape index (κ3) is 3.18. The van der Waals surface area contributed by atoms with E-state index in [4.69, 9.17) is 0 Å². The molecule has 1 aliphatic heterocycles. The summed E-state index contributed by atoms with van der Waals surface area (Å²) in [7, 11) is -2.81. The van der Waals surface area contributed by atoms with Gasteiger partial charge in [0.15, 0.2) is 9.84 Å². The zero-order valence-corrected chi connectivity index (χ0v) is 12.0. The molecule has 3 rings (SSSR count). The van der Waals surface area contributed by atoms with Gasteiger partial charge in [-0.3, -0.25) is 0 Å². The fourth-order valence-corrected chi connectivity index (χ4v) is 4.98. The number of aryl methyl sites for hydroxylation is 1. The van der Waals surface area contributed by atoms with E-state index in [9.17, 15) is 8.42 Å². The van der Waals surface area contributed by atoms with Crippen LogP contribution in [0.1, 0.15) is 30.4 Å². The first-order valence-electron chi connectivity index (χ1n) is 7.16. The monoisotopic (exact) mass is 279 g/mol. The number of sulfone groups is 1. The topological polar surface area (TPSA) is 46.2 Å². The van der Waals surface area contributed by atoms with E-state index in [2.05, 4.69) is 29.6 Å². The average molecular weight is 279 g/mol. The first-order chi connectivity index (χ1) is 9.12. The van der Waals surface area contributed by atoms with E-state index in [-0.39, 0.29) is 6.04 Å². The van der Waals surface area contributed by atoms with Gasteiger partial charge >= 0.3 is 0 Å². The maximum Gasteiger partial charge on any atom is 0.151 e. The Balaban J connectivity index is 1.63. The van der Waals surface area contributed by atoms with Crippen LogP contribution in [0.5, 0.6) is 0 Å². The summed E-state index contributed by atoms with van der Waals surface area (Å²) in [6.45, 7) is 0. The van der Waals surface area contributed by atoms with Crippen molar-refractivity contribution in [3.05, 3.63) is 35.4 Å². The van der Waals surface area contributed by atoms with Crippen LogP contribution < -0.4 is 5.32 Å². The zero-order valence-electron chi connectivity index (χ0n) is 11.1. The minimum Gasteiger partial charge on any atom is -0.310 e. The lowest BCUT2D eigenvalue weighted by molar-refractivity contribution is 0.385. The fourth-order valence-electron chi connectivity index (χ4n) is 3.33. The van der Waals surface area contributed by atoms with Gasteiger partial charge in [0.2, 0.25) is 0 Å². The predicted octanol–water partition coefficient (Wildman–Crippen LogP) is 1.71. The first kappa shape index (κ1) is 13.1. The first-order valence-corrected chi connectivity index (χ1v) is 8.98. The van der Waals surface area contributed by atoms with Crippen molar-refractivity contribution in [2.24, 2.45) is 0 Å². The third-order valence-corrected chi connectivity index (χ3v) is 6.10. The summed E-state index contributed by atoms with van der Waals surface area (Å²) in [6.07, 6.45) is 5.06. The molecule has 0 aromatic heterocycles. The molecule has 19 heavy (non-hydrogen) atoms. The van der Waals surface area contributed by atoms with E-state index in [1.165, 1.54) is 11.1 Å². The van der Waals surface area contributed by atoms with Crippen LogP contribution in [0.3, 0.4) is 0 Å². The summed E-state index contributed by atoms with van der Waals surface area (Å²) in [5.41, 5.74) is 2.88. The number of hydrogen-bond donors (Lipinski definition) is 1. The lowest BCUT2D eigenvalue weighted by Gasteiger charge is -2.31. The van der Waals surface area contributed by atoms with Crippen LogP contribution in [0, 0.1) is 0 Å². The quantitative estimate of drug-likeness (QED) is 0.896. The van der Waals surface area contributed by atoms with Crippen LogP contribution >= 0.6 is 0 Å². The van der Waals surface area contributed by atoms with Gasteiger partial charge in [-0.2, -0.15) is 0 Å². The van der Waals surface area contributed by atoms with Crippen LogP contribution in [0.4, 0.5) is 0 Å². The van der Waals surface area contributed by atoms with Gasteiger partial charge in [-0.25, -0.2) is 8.42 Å². The summed E-state index contributed by atoms with van der Waals surface area (Å²) in [6, 6.07) is 9.19. The Morgan fingerprint density at radius 1 is 1.05 bits per heavy atom. The second-order valence-corrected chi connectivity index (χ2v) is 8.06. The summed E-state index contributed by atoms with van der Waals surface area (Å²) >= 11 is 0. The van der Waals surface area contributed by atoms with E-state index in [1.54, 1.807) is 0 Å². The lowest BCUT2D eigenvalue weighted by atomic mass is 9.88. The van der Waals surface area contributed by atoms with Crippen molar-refractivity contribution in [1.82, 2.24) is 5.32 Å². The Bertz CT molecular complexity index is 553. The van der Waals surface area contributed by atoms with Gasteiger partial charge in [-0.15, -0.1) is 0 Å². The van der Waals surface area contributed by atoms with Gasteiger partial charge in [0.1, 0.15) is 0 Å². The van der Waals surface area contributed by atoms with Crippen LogP contribution in [-0.4, -0.2) is 32.0 Å². The summed E-state index contributed by atoms with van der Waals surface area (Å²) in [5, 5.41) is 3.58. The minimum atomic E-state index is -2.81. The Labute approximate surface area is 115 Å². The smallest absolute Gasteiger partial charge is 0.151 e. The Kier molecular flexibility index (Phi) is 3.63. The minimum absolute atomic E-state index is 0.161. The molecule has 2 aliphatic rings. The van der Waals surface area contributed by atoms with Crippen molar-refractivity contribution < 1.29 is 8.42 Å². The van der Waals surface area contributed by atoms with Crippen molar-refractivity contribution in [3.8, 4) is 0 Å². The van der Waals surface area contributed by atoms with Crippen LogP contribution in [0.25, 0.3) is 0 Å². The highest BCUT2D eigenvalue weighted by molar-refractivity contribution is 7.91. The van der Waals surface area contributed by atoms with Crippen LogP contribution in [0.2, 0.25) is 0 Å². The Hall–Kier alpha value is -0.870. The van der Waals surface area contributed by atoms with Gasteiger partial charge in [0, 0.05) is 12.1 Å². The molecule has 4 heteroatoms. The van der Waals surface area contributed by atoms with Crippen LogP contribution in [0.15, 0.2) is 24.3 Å². The number of rotatable bonds is 2. The normalized spacial score (nSPS) is 29.7. The molecule has 1 fully saturated rings. The number of fused-ring (bicyclic) bond motifs is 1. The molecule has 1 aliphatic carbocycles. The van der Waals surface area contributed by atoms with Gasteiger partial charge in [0.25, 0.3) is 0 Å². The molecule has 0 amide bonds. The fraction of sp³-hybridized carbons (Fsp3) is 0.600. The van der Waals surface area contributed by atoms with Crippen molar-refractivity contribution in [3.63, 3.8) is 0 Å². The molecule has 1 aromatic carbocycles. The van der Waals surface area contributed by atoms with Crippen molar-refractivity contribution >= 4 is 9.84 Å². The molecule has 2 unspecified atom stereocenters. The highest BCUT2D eigenvalue weighted by atomic mass is 32.2. The van der Waals surface area contributed by atoms with Crippen molar-refractivity contribution in [1.29, 1.82) is 0 Å². The molecular weight excluding hydrogens is 258 g/mol. The van der Waals surface area contributed by atoms with E-state index in [0.717, 1.165) is 32.1 Å². The number of benzene rings is 1. The molecule has 0 radical (unpaired) electrons. The van der Waals surface area contributed by atoms with Crippen LogP contribution in [-0.2, 0) is 22.7 Å². The maximum atomic E-state index is 11.7. The summed E-state index contributed by atoms with van der Waals surface area (Å²) in [4.78, 5) is 0. The van der Waals surface area contributed by atoms with E-state index >= 15 is 0 Å². The zero-order chi connectivity index (χ0) is 13.3. The Morgan fingerprint density at radius 3 is 2.63 bits per heavy atom. The molecular formula is C15H21NO2S. The molecule has 1 saturated heterocycles. The van der Waals surface area contributed by atoms with E-state index < -0.39 is 9.84 Å². The predicted molar refractivity (Wildman–Crippen MR) is 77.1 cm³/mol. The summed E-state index contributed by atoms with van der Waals surface area (Å²) in [5.74, 6) is 0.698. The second kappa shape index (κ2) is 5.25. The average Bonchev–Trinajstić information content (AvgIpc) is 2.37. The second-order valence-electron chi connectivity index (χ2n) is 5.83. The molecule has 1 N–H and O–H groups in total. The lowest BCUT2D eigenvalue weighted by Crippen LogP contribution is -2.47. The molecule has 0 saturated carbocycles. The molecule has 1 heterocycles. The van der Waals surface area contributed by atoms with Gasteiger partial charge < -0.3 is 5.32 Å². The molecule has 0 bridgehead atoms. The highest BCUT2D eigenvalue weighted by Gasteiger charge is 2.27. The van der Waals surface area contributed by atoms with Crippen molar-refractivity contribution in [2.45, 2.75) is 44.2 Å². The number of nitrogens with one attached hydrogen (secondary N) is 1. The third-order valence-electron chi connectivity index (χ3n) is 4.28. The molecule has 104 valence electrons. The van der Waals surface area contributed by atoms with Gasteiger partial charge in [0.05, 0.1) is 11.5 Å². The van der Waals surface area contributed by atoms with Gasteiger partial charge in [-0.05, 0) is 43.2 Å². The number of hydrogen-bond acceptors (Lipinski definition) is 3. The molecule has 0 spiro atoms. The SMILES string of the molecule is O=S1(=O)CCCC(NC2CCc3ccccc3C2)C1. The van der Waals surface area contributed by atoms with Crippen molar-refractivity contribution in [2.75, 3.05) is 11.5 Å². The van der Waals surface area contributed by atoms with E-state index in [0.29, 0.717) is 17.5 Å². The molecule has 2 atom stereocenters. The molecule has 1 aromatic rings. The maximum absolute atomic E-state index is 11.7. The molecule has 3 nitrogen and oxygen atoms in total. The Morgan fingerprint density at radius 2 is 1.84 bits per heavy atom. The van der Waals surface area contributed by atoms with E-state index in [1.807, 2.05) is 0 Å². The highest BCUT2D eigenvalue weighted by Crippen LogP contribution is 2.22. The largest absolute Gasteiger partial charge is 0.310 e. The summed E-state index contributed by atoms with van der Waals surface area (Å²) < 4.78 is 23.3. The van der Waals surface area contributed by atoms with Gasteiger partial charge in [-0.1, -0.05) is 24.3 Å².